The lowest BCUT2D eigenvalue weighted by Crippen LogP contribution is -2.38. The van der Waals surface area contributed by atoms with Crippen LogP contribution in [0.4, 0.5) is 5.82 Å². The predicted molar refractivity (Wildman–Crippen MR) is 78.6 cm³/mol. The van der Waals surface area contributed by atoms with Gasteiger partial charge < -0.3 is 20.8 Å². The molecule has 1 rings (SSSR count). The number of ether oxygens (including phenoxy) is 1. The number of pyridine rings is 1. The molecule has 0 saturated heterocycles. The van der Waals surface area contributed by atoms with Crippen LogP contribution >= 0.6 is 0 Å². The fourth-order valence-corrected chi connectivity index (χ4v) is 1.59. The lowest BCUT2D eigenvalue weighted by molar-refractivity contribution is -0.120. The zero-order valence-electron chi connectivity index (χ0n) is 12.2. The molecule has 0 atom stereocenters. The summed E-state index contributed by atoms with van der Waals surface area (Å²) in [6.07, 6.45) is 0.674. The van der Waals surface area contributed by atoms with Crippen LogP contribution in [0.2, 0.25) is 0 Å². The lowest BCUT2D eigenvalue weighted by Gasteiger charge is -2.09. The second-order valence-corrected chi connectivity index (χ2v) is 4.26. The maximum atomic E-state index is 12.0. The summed E-state index contributed by atoms with van der Waals surface area (Å²) in [5.41, 5.74) is 3.55. The maximum Gasteiger partial charge on any atom is 0.251 e. The van der Waals surface area contributed by atoms with Gasteiger partial charge in [0.05, 0.1) is 13.2 Å². The molecule has 0 aliphatic heterocycles. The normalized spacial score (nSPS) is 10.0. The average Bonchev–Trinajstić information content (AvgIpc) is 2.52. The molecular weight excluding hydrogens is 274 g/mol. The van der Waals surface area contributed by atoms with Gasteiger partial charge in [0.2, 0.25) is 5.91 Å². The zero-order chi connectivity index (χ0) is 15.7. The number of hydrazine groups is 1. The summed E-state index contributed by atoms with van der Waals surface area (Å²) in [4.78, 5) is 27.7. The van der Waals surface area contributed by atoms with E-state index in [1.807, 2.05) is 6.92 Å². The molecule has 8 heteroatoms. The van der Waals surface area contributed by atoms with Crippen LogP contribution in [0, 0.1) is 0 Å². The van der Waals surface area contributed by atoms with Crippen molar-refractivity contribution in [3.63, 3.8) is 0 Å². The SMILES string of the molecule is CCc1cc(C(=O)NCC(=O)NCCOC)cc(NN)n1. The molecule has 0 aliphatic rings. The van der Waals surface area contributed by atoms with E-state index in [9.17, 15) is 9.59 Å². The summed E-state index contributed by atoms with van der Waals surface area (Å²) >= 11 is 0. The van der Waals surface area contributed by atoms with Crippen LogP contribution in [0.3, 0.4) is 0 Å². The number of carbonyl (C=O) groups excluding carboxylic acids is 2. The van der Waals surface area contributed by atoms with Crippen LogP contribution in [0.25, 0.3) is 0 Å². The summed E-state index contributed by atoms with van der Waals surface area (Å²) in [6.45, 7) is 2.66. The molecule has 2 amide bonds. The van der Waals surface area contributed by atoms with Crippen molar-refractivity contribution in [3.05, 3.63) is 23.4 Å². The van der Waals surface area contributed by atoms with Crippen molar-refractivity contribution in [2.24, 2.45) is 5.84 Å². The van der Waals surface area contributed by atoms with Crippen LogP contribution in [0.1, 0.15) is 23.0 Å². The van der Waals surface area contributed by atoms with E-state index in [4.69, 9.17) is 10.6 Å². The first-order valence-corrected chi connectivity index (χ1v) is 6.62. The molecule has 0 fully saturated rings. The number of carbonyl (C=O) groups is 2. The highest BCUT2D eigenvalue weighted by Gasteiger charge is 2.10. The minimum Gasteiger partial charge on any atom is -0.383 e. The van der Waals surface area contributed by atoms with E-state index in [-0.39, 0.29) is 18.4 Å². The third-order valence-electron chi connectivity index (χ3n) is 2.69. The molecule has 1 aromatic rings. The third-order valence-corrected chi connectivity index (χ3v) is 2.69. The quantitative estimate of drug-likeness (QED) is 0.289. The van der Waals surface area contributed by atoms with Crippen molar-refractivity contribution in [2.45, 2.75) is 13.3 Å². The molecular formula is C13H21N5O3. The van der Waals surface area contributed by atoms with Gasteiger partial charge >= 0.3 is 0 Å². The van der Waals surface area contributed by atoms with Crippen LogP contribution in [-0.2, 0) is 16.0 Å². The van der Waals surface area contributed by atoms with Crippen LogP contribution in [0.15, 0.2) is 12.1 Å². The Morgan fingerprint density at radius 1 is 1.33 bits per heavy atom. The number of nitrogens with two attached hydrogens (primary N) is 1. The smallest absolute Gasteiger partial charge is 0.251 e. The molecule has 5 N–H and O–H groups in total. The first kappa shape index (κ1) is 16.9. The number of aromatic nitrogens is 1. The van der Waals surface area contributed by atoms with Gasteiger partial charge in [-0.25, -0.2) is 10.8 Å². The van der Waals surface area contributed by atoms with Crippen molar-refractivity contribution < 1.29 is 14.3 Å². The Morgan fingerprint density at radius 2 is 2.10 bits per heavy atom. The number of hydrogen-bond donors (Lipinski definition) is 4. The summed E-state index contributed by atoms with van der Waals surface area (Å²) in [5.74, 6) is 5.09. The summed E-state index contributed by atoms with van der Waals surface area (Å²) in [7, 11) is 1.55. The van der Waals surface area contributed by atoms with Gasteiger partial charge in [0.1, 0.15) is 5.82 Å². The van der Waals surface area contributed by atoms with Crippen molar-refractivity contribution in [2.75, 3.05) is 32.2 Å². The molecule has 0 saturated carbocycles. The van der Waals surface area contributed by atoms with Crippen LogP contribution < -0.4 is 21.9 Å². The Labute approximate surface area is 123 Å². The molecule has 0 unspecified atom stereocenters. The first-order valence-electron chi connectivity index (χ1n) is 6.62. The number of nitrogen functional groups attached to an aromatic ring is 1. The van der Waals surface area contributed by atoms with Gasteiger partial charge in [-0.15, -0.1) is 0 Å². The standard InChI is InChI=1S/C13H21N5O3/c1-3-10-6-9(7-11(17-10)18-14)13(20)16-8-12(19)15-4-5-21-2/h6-7H,3-5,8,14H2,1-2H3,(H,15,19)(H,16,20)(H,17,18). The monoisotopic (exact) mass is 295 g/mol. The summed E-state index contributed by atoms with van der Waals surface area (Å²) < 4.78 is 4.81. The number of rotatable bonds is 8. The topological polar surface area (TPSA) is 118 Å². The van der Waals surface area contributed by atoms with Gasteiger partial charge in [0.15, 0.2) is 0 Å². The highest BCUT2D eigenvalue weighted by molar-refractivity contribution is 5.97. The van der Waals surface area contributed by atoms with Gasteiger partial charge in [0, 0.05) is 24.9 Å². The van der Waals surface area contributed by atoms with E-state index in [2.05, 4.69) is 21.0 Å². The van der Waals surface area contributed by atoms with Crippen molar-refractivity contribution in [1.29, 1.82) is 0 Å². The Kier molecular flexibility index (Phi) is 7.13. The number of methoxy groups -OCH3 is 1. The molecule has 0 aliphatic carbocycles. The van der Waals surface area contributed by atoms with E-state index < -0.39 is 0 Å². The van der Waals surface area contributed by atoms with Crippen molar-refractivity contribution >= 4 is 17.6 Å². The van der Waals surface area contributed by atoms with Crippen LogP contribution in [-0.4, -0.2) is 43.6 Å². The lowest BCUT2D eigenvalue weighted by atomic mass is 10.2. The molecule has 21 heavy (non-hydrogen) atoms. The Balaban J connectivity index is 2.57. The Bertz CT molecular complexity index is 470. The second kappa shape index (κ2) is 8.88. The predicted octanol–water partition coefficient (Wildman–Crippen LogP) is -0.578. The third kappa shape index (κ3) is 5.76. The van der Waals surface area contributed by atoms with E-state index in [0.29, 0.717) is 31.0 Å². The first-order chi connectivity index (χ1) is 10.1. The van der Waals surface area contributed by atoms with Gasteiger partial charge in [-0.2, -0.15) is 0 Å². The van der Waals surface area contributed by atoms with Crippen molar-refractivity contribution in [1.82, 2.24) is 15.6 Å². The van der Waals surface area contributed by atoms with Gasteiger partial charge in [-0.05, 0) is 18.6 Å². The fourth-order valence-electron chi connectivity index (χ4n) is 1.59. The van der Waals surface area contributed by atoms with E-state index in [1.54, 1.807) is 13.2 Å². The average molecular weight is 295 g/mol. The number of amides is 2. The highest BCUT2D eigenvalue weighted by atomic mass is 16.5. The van der Waals surface area contributed by atoms with Gasteiger partial charge in [-0.1, -0.05) is 6.92 Å². The summed E-state index contributed by atoms with van der Waals surface area (Å²) in [5, 5.41) is 5.15. The molecule has 0 aromatic carbocycles. The number of anilines is 1. The Morgan fingerprint density at radius 3 is 2.71 bits per heavy atom. The fraction of sp³-hybridized carbons (Fsp3) is 0.462. The van der Waals surface area contributed by atoms with Gasteiger partial charge in [-0.3, -0.25) is 9.59 Å². The van der Waals surface area contributed by atoms with Crippen LogP contribution in [0.5, 0.6) is 0 Å². The van der Waals surface area contributed by atoms with Crippen molar-refractivity contribution in [3.8, 4) is 0 Å². The molecule has 8 nitrogen and oxygen atoms in total. The maximum absolute atomic E-state index is 12.0. The van der Waals surface area contributed by atoms with Gasteiger partial charge in [0.25, 0.3) is 5.91 Å². The number of aryl methyl sites for hydroxylation is 1. The molecule has 0 radical (unpaired) electrons. The Hall–Kier alpha value is -2.19. The van der Waals surface area contributed by atoms with E-state index >= 15 is 0 Å². The van der Waals surface area contributed by atoms with E-state index in [1.165, 1.54) is 6.07 Å². The minimum absolute atomic E-state index is 0.0995. The minimum atomic E-state index is -0.356. The number of nitrogens with zero attached hydrogens (tertiary/aromatic N) is 1. The zero-order valence-corrected chi connectivity index (χ0v) is 12.2. The highest BCUT2D eigenvalue weighted by Crippen LogP contribution is 2.10. The van der Waals surface area contributed by atoms with E-state index in [0.717, 1.165) is 5.69 Å². The molecule has 1 heterocycles. The summed E-state index contributed by atoms with van der Waals surface area (Å²) in [6, 6.07) is 3.19. The number of nitrogens with one attached hydrogen (secondary N) is 3. The molecule has 0 spiro atoms. The molecule has 116 valence electrons. The molecule has 1 aromatic heterocycles. The molecule has 0 bridgehead atoms. The largest absolute Gasteiger partial charge is 0.383 e. The second-order valence-electron chi connectivity index (χ2n) is 4.26. The number of hydrogen-bond acceptors (Lipinski definition) is 6.